The first-order valence-electron chi connectivity index (χ1n) is 6.74. The smallest absolute Gasteiger partial charge is 0.272 e. The summed E-state index contributed by atoms with van der Waals surface area (Å²) < 4.78 is 0. The third kappa shape index (κ3) is 3.53. The van der Waals surface area contributed by atoms with Crippen LogP contribution < -0.4 is 5.43 Å². The molecule has 8 nitrogen and oxygen atoms in total. The van der Waals surface area contributed by atoms with Crippen LogP contribution in [-0.2, 0) is 0 Å². The summed E-state index contributed by atoms with van der Waals surface area (Å²) in [7, 11) is 0. The lowest BCUT2D eigenvalue weighted by atomic mass is 9.89. The van der Waals surface area contributed by atoms with Gasteiger partial charge in [-0.15, -0.1) is 0 Å². The summed E-state index contributed by atoms with van der Waals surface area (Å²) in [5.74, 6) is 0.350. The summed E-state index contributed by atoms with van der Waals surface area (Å²) in [4.78, 5) is 20.4. The third-order valence-corrected chi connectivity index (χ3v) is 3.60. The van der Waals surface area contributed by atoms with E-state index in [1.54, 1.807) is 0 Å². The number of anilines is 1. The molecule has 0 bridgehead atoms. The fourth-order valence-corrected chi connectivity index (χ4v) is 2.35. The molecule has 1 unspecified atom stereocenters. The van der Waals surface area contributed by atoms with Gasteiger partial charge in [-0.3, -0.25) is 25.7 Å². The van der Waals surface area contributed by atoms with Gasteiger partial charge in [0.15, 0.2) is 0 Å². The highest BCUT2D eigenvalue weighted by molar-refractivity contribution is 5.88. The van der Waals surface area contributed by atoms with E-state index < -0.39 is 9.85 Å². The van der Waals surface area contributed by atoms with Crippen LogP contribution in [0.15, 0.2) is 23.3 Å². The lowest BCUT2D eigenvalue weighted by Gasteiger charge is -2.19. The summed E-state index contributed by atoms with van der Waals surface area (Å²) in [6.45, 7) is 2.07. The molecule has 0 saturated heterocycles. The molecule has 0 amide bonds. The number of benzene rings is 1. The zero-order valence-corrected chi connectivity index (χ0v) is 11.6. The van der Waals surface area contributed by atoms with Crippen molar-refractivity contribution in [3.05, 3.63) is 38.4 Å². The SMILES string of the molecule is CC1CCCC/C1=N/Nc1ccc([N+](=O)[O-])cc1[N+](=O)[O-]. The molecule has 1 atom stereocenters. The number of nitrogens with one attached hydrogen (secondary N) is 1. The summed E-state index contributed by atoms with van der Waals surface area (Å²) in [6.07, 6.45) is 4.16. The molecule has 0 spiro atoms. The number of nitro benzene ring substituents is 2. The van der Waals surface area contributed by atoms with E-state index in [1.165, 1.54) is 12.1 Å². The van der Waals surface area contributed by atoms with Crippen LogP contribution >= 0.6 is 0 Å². The van der Waals surface area contributed by atoms with Gasteiger partial charge in [-0.05, 0) is 31.2 Å². The van der Waals surface area contributed by atoms with Crippen molar-refractivity contribution in [2.75, 3.05) is 5.43 Å². The van der Waals surface area contributed by atoms with Gasteiger partial charge in [-0.1, -0.05) is 13.3 Å². The van der Waals surface area contributed by atoms with Crippen LogP contribution in [0.3, 0.4) is 0 Å². The monoisotopic (exact) mass is 292 g/mol. The predicted octanol–water partition coefficient (Wildman–Crippen LogP) is 3.48. The minimum atomic E-state index is -0.661. The standard InChI is InChI=1S/C13H16N4O4/c1-9-4-2-3-5-11(9)14-15-12-7-6-10(16(18)19)8-13(12)17(20)21/h6-9,15H,2-5H2,1H3/b14-11-. The average Bonchev–Trinajstić information content (AvgIpc) is 2.46. The molecule has 0 radical (unpaired) electrons. The van der Waals surface area contributed by atoms with Gasteiger partial charge in [-0.2, -0.15) is 5.10 Å². The van der Waals surface area contributed by atoms with E-state index in [1.807, 2.05) is 0 Å². The Bertz CT molecular complexity index is 600. The number of nitrogens with zero attached hydrogens (tertiary/aromatic N) is 3. The molecule has 21 heavy (non-hydrogen) atoms. The molecule has 1 aliphatic carbocycles. The Morgan fingerprint density at radius 3 is 2.62 bits per heavy atom. The van der Waals surface area contributed by atoms with E-state index in [0.717, 1.165) is 37.5 Å². The normalized spacial score (nSPS) is 20.2. The van der Waals surface area contributed by atoms with E-state index in [4.69, 9.17) is 0 Å². The second-order valence-electron chi connectivity index (χ2n) is 5.08. The van der Waals surface area contributed by atoms with Crippen molar-refractivity contribution in [3.8, 4) is 0 Å². The maximum atomic E-state index is 11.0. The van der Waals surface area contributed by atoms with Crippen LogP contribution in [0.5, 0.6) is 0 Å². The Morgan fingerprint density at radius 1 is 1.24 bits per heavy atom. The van der Waals surface area contributed by atoms with Gasteiger partial charge >= 0.3 is 5.69 Å². The fraction of sp³-hybridized carbons (Fsp3) is 0.462. The molecular formula is C13H16N4O4. The van der Waals surface area contributed by atoms with Crippen LogP contribution in [0.4, 0.5) is 17.1 Å². The maximum absolute atomic E-state index is 11.0. The molecule has 1 aliphatic rings. The molecule has 1 N–H and O–H groups in total. The van der Waals surface area contributed by atoms with Gasteiger partial charge in [-0.25, -0.2) is 0 Å². The lowest BCUT2D eigenvalue weighted by molar-refractivity contribution is -0.393. The minimum absolute atomic E-state index is 0.163. The van der Waals surface area contributed by atoms with Gasteiger partial charge < -0.3 is 0 Å². The van der Waals surface area contributed by atoms with E-state index in [2.05, 4.69) is 17.5 Å². The van der Waals surface area contributed by atoms with Crippen molar-refractivity contribution < 1.29 is 9.85 Å². The molecule has 1 saturated carbocycles. The van der Waals surface area contributed by atoms with Gasteiger partial charge in [0.05, 0.1) is 15.9 Å². The molecule has 0 aliphatic heterocycles. The molecule has 1 fully saturated rings. The Morgan fingerprint density at radius 2 is 2.00 bits per heavy atom. The van der Waals surface area contributed by atoms with Crippen LogP contribution in [0.2, 0.25) is 0 Å². The topological polar surface area (TPSA) is 111 Å². The van der Waals surface area contributed by atoms with E-state index in [0.29, 0.717) is 5.92 Å². The highest BCUT2D eigenvalue weighted by atomic mass is 16.6. The zero-order valence-electron chi connectivity index (χ0n) is 11.6. The third-order valence-electron chi connectivity index (χ3n) is 3.60. The largest absolute Gasteiger partial charge is 0.301 e. The first-order chi connectivity index (χ1) is 9.99. The maximum Gasteiger partial charge on any atom is 0.301 e. The molecule has 0 heterocycles. The fourth-order valence-electron chi connectivity index (χ4n) is 2.35. The quantitative estimate of drug-likeness (QED) is 0.674. The van der Waals surface area contributed by atoms with Gasteiger partial charge in [0.25, 0.3) is 5.69 Å². The Hall–Kier alpha value is -2.51. The van der Waals surface area contributed by atoms with Crippen molar-refractivity contribution >= 4 is 22.8 Å². The molecule has 0 aromatic heterocycles. The van der Waals surface area contributed by atoms with Crippen LogP contribution in [0.25, 0.3) is 0 Å². The van der Waals surface area contributed by atoms with Crippen molar-refractivity contribution in [2.24, 2.45) is 11.0 Å². The van der Waals surface area contributed by atoms with Crippen molar-refractivity contribution in [1.82, 2.24) is 0 Å². The van der Waals surface area contributed by atoms with E-state index >= 15 is 0 Å². The highest BCUT2D eigenvalue weighted by Crippen LogP contribution is 2.29. The number of non-ortho nitro benzene ring substituents is 1. The first-order valence-corrected chi connectivity index (χ1v) is 6.74. The zero-order chi connectivity index (χ0) is 15.4. The Balaban J connectivity index is 2.25. The van der Waals surface area contributed by atoms with Crippen molar-refractivity contribution in [2.45, 2.75) is 32.6 Å². The van der Waals surface area contributed by atoms with Crippen LogP contribution in [0, 0.1) is 26.1 Å². The van der Waals surface area contributed by atoms with Crippen LogP contribution in [-0.4, -0.2) is 15.6 Å². The van der Waals surface area contributed by atoms with Crippen LogP contribution in [0.1, 0.15) is 32.6 Å². The summed E-state index contributed by atoms with van der Waals surface area (Å²) >= 11 is 0. The summed E-state index contributed by atoms with van der Waals surface area (Å²) in [5, 5.41) is 25.9. The second-order valence-corrected chi connectivity index (χ2v) is 5.08. The average molecular weight is 292 g/mol. The first kappa shape index (κ1) is 14.9. The molecule has 1 aromatic rings. The Labute approximate surface area is 121 Å². The van der Waals surface area contributed by atoms with Gasteiger partial charge in [0, 0.05) is 11.8 Å². The second kappa shape index (κ2) is 6.29. The number of hydrogen-bond donors (Lipinski definition) is 1. The number of hydrazone groups is 1. The molecule has 2 rings (SSSR count). The summed E-state index contributed by atoms with van der Waals surface area (Å²) in [6, 6.07) is 3.47. The lowest BCUT2D eigenvalue weighted by Crippen LogP contribution is -2.17. The van der Waals surface area contributed by atoms with Crippen molar-refractivity contribution in [3.63, 3.8) is 0 Å². The van der Waals surface area contributed by atoms with E-state index in [-0.39, 0.29) is 17.1 Å². The Kier molecular flexibility index (Phi) is 4.46. The van der Waals surface area contributed by atoms with Gasteiger partial charge in [0.1, 0.15) is 5.69 Å². The molecule has 112 valence electrons. The number of nitro groups is 2. The number of hydrogen-bond acceptors (Lipinski definition) is 6. The number of rotatable bonds is 4. The minimum Gasteiger partial charge on any atom is -0.272 e. The van der Waals surface area contributed by atoms with Crippen molar-refractivity contribution in [1.29, 1.82) is 0 Å². The summed E-state index contributed by atoms with van der Waals surface area (Å²) in [5.41, 5.74) is 3.16. The molecule has 1 aromatic carbocycles. The molecule has 8 heteroatoms. The predicted molar refractivity (Wildman–Crippen MR) is 78.4 cm³/mol. The molecular weight excluding hydrogens is 276 g/mol. The van der Waals surface area contributed by atoms with Gasteiger partial charge in [0.2, 0.25) is 0 Å². The highest BCUT2D eigenvalue weighted by Gasteiger charge is 2.20. The van der Waals surface area contributed by atoms with E-state index in [9.17, 15) is 20.2 Å².